The van der Waals surface area contributed by atoms with Crippen molar-refractivity contribution in [1.29, 1.82) is 0 Å². The van der Waals surface area contributed by atoms with Gasteiger partial charge in [0.2, 0.25) is 0 Å². The summed E-state index contributed by atoms with van der Waals surface area (Å²) in [6.07, 6.45) is 2.41. The van der Waals surface area contributed by atoms with Crippen molar-refractivity contribution in [2.24, 2.45) is 0 Å². The molecule has 3 aromatic carbocycles. The second-order valence-corrected chi connectivity index (χ2v) is 8.67. The van der Waals surface area contributed by atoms with E-state index >= 15 is 0 Å². The molecule has 4 amide bonds. The van der Waals surface area contributed by atoms with Gasteiger partial charge in [0.05, 0.1) is 5.69 Å². The summed E-state index contributed by atoms with van der Waals surface area (Å²) in [5.74, 6) is -1.34. The number of benzene rings is 3. The number of rotatable bonds is 4. The lowest BCUT2D eigenvalue weighted by Crippen LogP contribution is -2.54. The maximum atomic E-state index is 13.3. The van der Waals surface area contributed by atoms with Crippen molar-refractivity contribution >= 4 is 40.4 Å². The number of hydrogen-bond acceptors (Lipinski definition) is 3. The number of aryl methyl sites for hydroxylation is 2. The molecule has 0 aliphatic carbocycles. The van der Waals surface area contributed by atoms with E-state index in [9.17, 15) is 14.4 Å². The SMILES string of the molecule is CCc1ccc(N2C(=O)NC(=O)/C(=C/c3cc(C)n(-c4ccc5ccccc5c4)c3C)C2=O)cc1. The summed E-state index contributed by atoms with van der Waals surface area (Å²) >= 11 is 0. The first kappa shape index (κ1) is 22.3. The molecule has 1 saturated heterocycles. The molecule has 0 spiro atoms. The van der Waals surface area contributed by atoms with Gasteiger partial charge in [-0.25, -0.2) is 9.69 Å². The predicted octanol–water partition coefficient (Wildman–Crippen LogP) is 5.48. The first-order valence-corrected chi connectivity index (χ1v) is 11.6. The van der Waals surface area contributed by atoms with E-state index in [4.69, 9.17) is 0 Å². The Morgan fingerprint density at radius 3 is 2.23 bits per heavy atom. The Balaban J connectivity index is 1.54. The lowest BCUT2D eigenvalue weighted by atomic mass is 10.1. The van der Waals surface area contributed by atoms with Gasteiger partial charge < -0.3 is 4.57 Å². The molecule has 4 aromatic rings. The zero-order valence-electron chi connectivity index (χ0n) is 19.8. The molecule has 0 bridgehead atoms. The number of urea groups is 1. The fraction of sp³-hybridized carbons (Fsp3) is 0.138. The highest BCUT2D eigenvalue weighted by Crippen LogP contribution is 2.27. The average molecular weight is 464 g/mol. The van der Waals surface area contributed by atoms with E-state index in [1.165, 1.54) is 0 Å². The van der Waals surface area contributed by atoms with Crippen molar-refractivity contribution in [3.8, 4) is 5.69 Å². The summed E-state index contributed by atoms with van der Waals surface area (Å²) in [5, 5.41) is 4.58. The van der Waals surface area contributed by atoms with Gasteiger partial charge in [-0.05, 0) is 78.6 Å². The van der Waals surface area contributed by atoms with Gasteiger partial charge in [-0.15, -0.1) is 0 Å². The van der Waals surface area contributed by atoms with Crippen molar-refractivity contribution in [3.05, 3.63) is 101 Å². The minimum absolute atomic E-state index is 0.0806. The van der Waals surface area contributed by atoms with Crippen LogP contribution in [0.2, 0.25) is 0 Å². The van der Waals surface area contributed by atoms with Gasteiger partial charge in [0.1, 0.15) is 5.57 Å². The van der Waals surface area contributed by atoms with Crippen LogP contribution < -0.4 is 10.2 Å². The monoisotopic (exact) mass is 463 g/mol. The van der Waals surface area contributed by atoms with E-state index in [-0.39, 0.29) is 5.57 Å². The first-order valence-electron chi connectivity index (χ1n) is 11.6. The van der Waals surface area contributed by atoms with Crippen LogP contribution in [-0.4, -0.2) is 22.4 Å². The van der Waals surface area contributed by atoms with Crippen LogP contribution in [0.3, 0.4) is 0 Å². The highest BCUT2D eigenvalue weighted by molar-refractivity contribution is 6.39. The van der Waals surface area contributed by atoms with Crippen molar-refractivity contribution in [1.82, 2.24) is 9.88 Å². The molecule has 6 heteroatoms. The molecule has 5 rings (SSSR count). The van der Waals surface area contributed by atoms with Crippen molar-refractivity contribution in [3.63, 3.8) is 0 Å². The Kier molecular flexibility index (Phi) is 5.57. The third kappa shape index (κ3) is 3.93. The van der Waals surface area contributed by atoms with Gasteiger partial charge >= 0.3 is 6.03 Å². The molecule has 1 aromatic heterocycles. The number of imide groups is 2. The number of aromatic nitrogens is 1. The van der Waals surface area contributed by atoms with Crippen LogP contribution in [0.15, 0.2) is 78.4 Å². The Labute approximate surface area is 203 Å². The summed E-state index contributed by atoms with van der Waals surface area (Å²) in [6, 6.07) is 22.8. The number of carbonyl (C=O) groups excluding carboxylic acids is 3. The molecule has 1 aliphatic rings. The van der Waals surface area contributed by atoms with Gasteiger partial charge in [0.15, 0.2) is 0 Å². The fourth-order valence-corrected chi connectivity index (χ4v) is 4.58. The lowest BCUT2D eigenvalue weighted by molar-refractivity contribution is -0.122. The van der Waals surface area contributed by atoms with Gasteiger partial charge in [-0.2, -0.15) is 0 Å². The van der Waals surface area contributed by atoms with E-state index < -0.39 is 17.8 Å². The number of hydrogen-bond donors (Lipinski definition) is 1. The Hall–Kier alpha value is -4.45. The van der Waals surface area contributed by atoms with Crippen LogP contribution in [0.25, 0.3) is 22.5 Å². The van der Waals surface area contributed by atoms with Gasteiger partial charge in [0, 0.05) is 17.1 Å². The maximum absolute atomic E-state index is 13.3. The zero-order chi connectivity index (χ0) is 24.7. The number of amides is 4. The van der Waals surface area contributed by atoms with E-state index in [1.54, 1.807) is 18.2 Å². The topological polar surface area (TPSA) is 71.4 Å². The molecule has 6 nitrogen and oxygen atoms in total. The minimum atomic E-state index is -0.747. The van der Waals surface area contributed by atoms with Crippen LogP contribution in [0.1, 0.15) is 29.4 Å². The fourth-order valence-electron chi connectivity index (χ4n) is 4.58. The summed E-state index contributed by atoms with van der Waals surface area (Å²) in [7, 11) is 0. The third-order valence-electron chi connectivity index (χ3n) is 6.47. The zero-order valence-corrected chi connectivity index (χ0v) is 19.8. The minimum Gasteiger partial charge on any atom is -0.318 e. The van der Waals surface area contributed by atoms with Crippen LogP contribution in [0.5, 0.6) is 0 Å². The molecule has 0 saturated carbocycles. The Morgan fingerprint density at radius 1 is 0.829 bits per heavy atom. The molecule has 1 aliphatic heterocycles. The number of anilines is 1. The molecule has 1 fully saturated rings. The largest absolute Gasteiger partial charge is 0.335 e. The van der Waals surface area contributed by atoms with Crippen molar-refractivity contribution in [2.75, 3.05) is 4.90 Å². The summed E-state index contributed by atoms with van der Waals surface area (Å²) in [4.78, 5) is 39.5. The highest BCUT2D eigenvalue weighted by Gasteiger charge is 2.37. The average Bonchev–Trinajstić information content (AvgIpc) is 3.14. The van der Waals surface area contributed by atoms with Gasteiger partial charge in [0.25, 0.3) is 11.8 Å². The molecule has 1 N–H and O–H groups in total. The smallest absolute Gasteiger partial charge is 0.318 e. The summed E-state index contributed by atoms with van der Waals surface area (Å²) in [5.41, 5.74) is 5.03. The van der Waals surface area contributed by atoms with Crippen LogP contribution >= 0.6 is 0 Å². The maximum Gasteiger partial charge on any atom is 0.335 e. The second kappa shape index (κ2) is 8.72. The first-order chi connectivity index (χ1) is 16.9. The van der Waals surface area contributed by atoms with E-state index in [2.05, 4.69) is 40.2 Å². The number of barbiturate groups is 1. The van der Waals surface area contributed by atoms with Crippen molar-refractivity contribution < 1.29 is 14.4 Å². The number of nitrogens with one attached hydrogen (secondary N) is 1. The molecule has 0 unspecified atom stereocenters. The predicted molar refractivity (Wildman–Crippen MR) is 138 cm³/mol. The van der Waals surface area contributed by atoms with E-state index in [1.807, 2.05) is 51.1 Å². The molecular formula is C29H25N3O3. The van der Waals surface area contributed by atoms with E-state index in [0.29, 0.717) is 5.69 Å². The van der Waals surface area contributed by atoms with Crippen LogP contribution in [0.4, 0.5) is 10.5 Å². The van der Waals surface area contributed by atoms with E-state index in [0.717, 1.165) is 50.3 Å². The Bertz CT molecular complexity index is 1530. The lowest BCUT2D eigenvalue weighted by Gasteiger charge is -2.26. The Morgan fingerprint density at radius 2 is 1.51 bits per heavy atom. The van der Waals surface area contributed by atoms with Crippen molar-refractivity contribution in [2.45, 2.75) is 27.2 Å². The number of fused-ring (bicyclic) bond motifs is 1. The van der Waals surface area contributed by atoms with Crippen LogP contribution in [0, 0.1) is 13.8 Å². The third-order valence-corrected chi connectivity index (χ3v) is 6.47. The molecule has 35 heavy (non-hydrogen) atoms. The second-order valence-electron chi connectivity index (χ2n) is 8.67. The number of nitrogens with zero attached hydrogens (tertiary/aromatic N) is 2. The highest BCUT2D eigenvalue weighted by atomic mass is 16.2. The van der Waals surface area contributed by atoms with Gasteiger partial charge in [-0.3, -0.25) is 14.9 Å². The molecular weight excluding hydrogens is 438 g/mol. The molecule has 0 atom stereocenters. The van der Waals surface area contributed by atoms with Gasteiger partial charge in [-0.1, -0.05) is 49.4 Å². The summed E-state index contributed by atoms with van der Waals surface area (Å²) in [6.45, 7) is 5.96. The molecule has 0 radical (unpaired) electrons. The number of carbonyl (C=O) groups is 3. The standard InChI is InChI=1S/C29H25N3O3/c1-4-20-9-12-24(13-10-20)32-28(34)26(27(33)30-29(32)35)17-23-15-18(2)31(19(23)3)25-14-11-21-7-5-6-8-22(21)16-25/h5-17H,4H2,1-3H3,(H,30,33,35)/b26-17-. The van der Waals surface area contributed by atoms with Crippen LogP contribution in [-0.2, 0) is 16.0 Å². The normalized spacial score (nSPS) is 15.2. The molecule has 174 valence electrons. The quantitative estimate of drug-likeness (QED) is 0.322. The summed E-state index contributed by atoms with van der Waals surface area (Å²) < 4.78 is 2.09. The molecule has 2 heterocycles.